The summed E-state index contributed by atoms with van der Waals surface area (Å²) in [6.07, 6.45) is 0. The number of aromatic amines is 1. The molecule has 3 rings (SSSR count). The maximum absolute atomic E-state index is 13.5. The number of halogens is 3. The Morgan fingerprint density at radius 2 is 1.81 bits per heavy atom. The van der Waals surface area contributed by atoms with Gasteiger partial charge in [-0.3, -0.25) is 9.59 Å². The molecule has 0 aliphatic rings. The van der Waals surface area contributed by atoms with Crippen molar-refractivity contribution in [2.75, 3.05) is 11.9 Å². The molecule has 1 heterocycles. The van der Waals surface area contributed by atoms with Crippen molar-refractivity contribution in [2.24, 2.45) is 0 Å². The van der Waals surface area contributed by atoms with Crippen molar-refractivity contribution in [2.45, 2.75) is 6.92 Å². The SMILES string of the molecule is Cc1ccc2cc(C(=O)NCC(=O)Nc3ccc(F)c(F)c3F)[nH]c2c1. The fourth-order valence-corrected chi connectivity index (χ4v) is 2.44. The van der Waals surface area contributed by atoms with Gasteiger partial charge in [-0.2, -0.15) is 0 Å². The number of fused-ring (bicyclic) bond motifs is 1. The predicted octanol–water partition coefficient (Wildman–Crippen LogP) is 3.26. The minimum absolute atomic E-state index is 0.261. The molecule has 0 fully saturated rings. The second-order valence-electron chi connectivity index (χ2n) is 5.73. The molecule has 3 aromatic rings. The number of hydrogen-bond acceptors (Lipinski definition) is 2. The van der Waals surface area contributed by atoms with E-state index in [2.05, 4.69) is 15.6 Å². The van der Waals surface area contributed by atoms with Gasteiger partial charge in [0, 0.05) is 10.9 Å². The lowest BCUT2D eigenvalue weighted by molar-refractivity contribution is -0.115. The van der Waals surface area contributed by atoms with E-state index in [0.717, 1.165) is 22.5 Å². The highest BCUT2D eigenvalue weighted by Crippen LogP contribution is 2.19. The maximum atomic E-state index is 13.5. The van der Waals surface area contributed by atoms with Crippen LogP contribution in [0.1, 0.15) is 16.1 Å². The number of nitrogens with one attached hydrogen (secondary N) is 3. The van der Waals surface area contributed by atoms with Crippen LogP contribution in [0.4, 0.5) is 18.9 Å². The van der Waals surface area contributed by atoms with Gasteiger partial charge in [-0.05, 0) is 36.8 Å². The normalized spacial score (nSPS) is 10.8. The predicted molar refractivity (Wildman–Crippen MR) is 90.3 cm³/mol. The lowest BCUT2D eigenvalue weighted by Crippen LogP contribution is -2.33. The maximum Gasteiger partial charge on any atom is 0.268 e. The van der Waals surface area contributed by atoms with Crippen LogP contribution in [0.15, 0.2) is 36.4 Å². The quantitative estimate of drug-likeness (QED) is 0.624. The summed E-state index contributed by atoms with van der Waals surface area (Å²) in [5.41, 5.74) is 1.56. The smallest absolute Gasteiger partial charge is 0.268 e. The standard InChI is InChI=1S/C18H14F3N3O2/c1-9-2-3-10-7-14(23-13(10)6-9)18(26)22-8-15(25)24-12-5-4-11(19)16(20)17(12)21/h2-7,23H,8H2,1H3,(H,22,26)(H,24,25). The molecule has 0 radical (unpaired) electrons. The number of H-pyrrole nitrogens is 1. The molecule has 0 saturated heterocycles. The molecule has 0 atom stereocenters. The average Bonchev–Trinajstić information content (AvgIpc) is 3.03. The van der Waals surface area contributed by atoms with Crippen LogP contribution in [-0.4, -0.2) is 23.3 Å². The van der Waals surface area contributed by atoms with Gasteiger partial charge >= 0.3 is 0 Å². The van der Waals surface area contributed by atoms with Crippen LogP contribution >= 0.6 is 0 Å². The summed E-state index contributed by atoms with van der Waals surface area (Å²) in [4.78, 5) is 26.8. The second-order valence-corrected chi connectivity index (χ2v) is 5.73. The number of anilines is 1. The first-order valence-electron chi connectivity index (χ1n) is 7.66. The molecule has 0 bridgehead atoms. The lowest BCUT2D eigenvalue weighted by atomic mass is 10.2. The molecule has 5 nitrogen and oxygen atoms in total. The van der Waals surface area contributed by atoms with Crippen LogP contribution in [0.25, 0.3) is 10.9 Å². The summed E-state index contributed by atoms with van der Waals surface area (Å²) in [7, 11) is 0. The van der Waals surface area contributed by atoms with Gasteiger partial charge in [0.05, 0.1) is 12.2 Å². The number of amides is 2. The summed E-state index contributed by atoms with van der Waals surface area (Å²) >= 11 is 0. The highest BCUT2D eigenvalue weighted by molar-refractivity contribution is 6.01. The number of aromatic nitrogens is 1. The van der Waals surface area contributed by atoms with Crippen molar-refractivity contribution in [1.29, 1.82) is 0 Å². The summed E-state index contributed by atoms with van der Waals surface area (Å²) < 4.78 is 39.5. The van der Waals surface area contributed by atoms with Crippen molar-refractivity contribution in [1.82, 2.24) is 10.3 Å². The van der Waals surface area contributed by atoms with Gasteiger partial charge in [0.2, 0.25) is 5.91 Å². The van der Waals surface area contributed by atoms with Gasteiger partial charge in [0.25, 0.3) is 5.91 Å². The van der Waals surface area contributed by atoms with Crippen LogP contribution in [0.3, 0.4) is 0 Å². The monoisotopic (exact) mass is 361 g/mol. The first-order valence-corrected chi connectivity index (χ1v) is 7.66. The Morgan fingerprint density at radius 3 is 2.58 bits per heavy atom. The van der Waals surface area contributed by atoms with E-state index in [9.17, 15) is 22.8 Å². The van der Waals surface area contributed by atoms with Crippen molar-refractivity contribution >= 4 is 28.4 Å². The molecule has 0 aliphatic carbocycles. The van der Waals surface area contributed by atoms with E-state index in [1.54, 1.807) is 6.07 Å². The Labute approximate surface area is 146 Å². The van der Waals surface area contributed by atoms with Gasteiger partial charge in [-0.25, -0.2) is 13.2 Å². The molecular formula is C18H14F3N3O2. The van der Waals surface area contributed by atoms with E-state index >= 15 is 0 Å². The highest BCUT2D eigenvalue weighted by Gasteiger charge is 2.16. The Kier molecular flexibility index (Phi) is 4.66. The molecule has 8 heteroatoms. The van der Waals surface area contributed by atoms with E-state index < -0.39 is 41.5 Å². The minimum Gasteiger partial charge on any atom is -0.351 e. The summed E-state index contributed by atoms with van der Waals surface area (Å²) in [6.45, 7) is 1.45. The average molecular weight is 361 g/mol. The molecule has 26 heavy (non-hydrogen) atoms. The van der Waals surface area contributed by atoms with Crippen LogP contribution in [-0.2, 0) is 4.79 Å². The van der Waals surface area contributed by atoms with Crippen molar-refractivity contribution in [3.05, 3.63) is 65.1 Å². The third kappa shape index (κ3) is 3.53. The molecular weight excluding hydrogens is 347 g/mol. The van der Waals surface area contributed by atoms with Crippen LogP contribution < -0.4 is 10.6 Å². The number of carbonyl (C=O) groups is 2. The van der Waals surface area contributed by atoms with Crippen molar-refractivity contribution in [3.8, 4) is 0 Å². The van der Waals surface area contributed by atoms with Gasteiger partial charge in [0.1, 0.15) is 5.69 Å². The van der Waals surface area contributed by atoms with Gasteiger partial charge in [-0.1, -0.05) is 12.1 Å². The number of benzene rings is 2. The van der Waals surface area contributed by atoms with E-state index in [1.165, 1.54) is 0 Å². The number of carbonyl (C=O) groups excluding carboxylic acids is 2. The molecule has 3 N–H and O–H groups in total. The molecule has 0 aliphatic heterocycles. The number of hydrogen-bond donors (Lipinski definition) is 3. The molecule has 0 unspecified atom stereocenters. The Bertz CT molecular complexity index is 1010. The zero-order valence-corrected chi connectivity index (χ0v) is 13.6. The van der Waals surface area contributed by atoms with Crippen molar-refractivity contribution < 1.29 is 22.8 Å². The third-order valence-electron chi connectivity index (χ3n) is 3.74. The summed E-state index contributed by atoms with van der Waals surface area (Å²) in [6, 6.07) is 8.87. The fourth-order valence-electron chi connectivity index (χ4n) is 2.44. The van der Waals surface area contributed by atoms with Crippen molar-refractivity contribution in [3.63, 3.8) is 0 Å². The lowest BCUT2D eigenvalue weighted by Gasteiger charge is -2.08. The highest BCUT2D eigenvalue weighted by atomic mass is 19.2. The van der Waals surface area contributed by atoms with Crippen LogP contribution in [0.2, 0.25) is 0 Å². The van der Waals surface area contributed by atoms with Gasteiger partial charge in [0.15, 0.2) is 17.5 Å². The first-order chi connectivity index (χ1) is 12.3. The summed E-state index contributed by atoms with van der Waals surface area (Å²) in [5.74, 6) is -5.85. The van der Waals surface area contributed by atoms with Gasteiger partial charge in [-0.15, -0.1) is 0 Å². The molecule has 2 aromatic carbocycles. The largest absolute Gasteiger partial charge is 0.351 e. The molecule has 0 spiro atoms. The first kappa shape index (κ1) is 17.5. The molecule has 2 amide bonds. The van der Waals surface area contributed by atoms with E-state index in [0.29, 0.717) is 6.07 Å². The molecule has 134 valence electrons. The van der Waals surface area contributed by atoms with E-state index in [-0.39, 0.29) is 5.69 Å². The second kappa shape index (κ2) is 6.91. The van der Waals surface area contributed by atoms with Gasteiger partial charge < -0.3 is 15.6 Å². The van der Waals surface area contributed by atoms with Crippen LogP contribution in [0, 0.1) is 24.4 Å². The number of rotatable bonds is 4. The zero-order valence-electron chi connectivity index (χ0n) is 13.6. The Balaban J connectivity index is 1.63. The summed E-state index contributed by atoms with van der Waals surface area (Å²) in [5, 5.41) is 5.28. The molecule has 0 saturated carbocycles. The Morgan fingerprint density at radius 1 is 1.04 bits per heavy atom. The molecule has 1 aromatic heterocycles. The minimum atomic E-state index is -1.68. The van der Waals surface area contributed by atoms with Crippen LogP contribution in [0.5, 0.6) is 0 Å². The van der Waals surface area contributed by atoms with E-state index in [4.69, 9.17) is 0 Å². The fraction of sp³-hybridized carbons (Fsp3) is 0.111. The topological polar surface area (TPSA) is 74.0 Å². The van der Waals surface area contributed by atoms with E-state index in [1.807, 2.05) is 25.1 Å². The Hall–Kier alpha value is -3.29. The third-order valence-corrected chi connectivity index (χ3v) is 3.74. The number of aryl methyl sites for hydroxylation is 1. The zero-order chi connectivity index (χ0) is 18.8.